The normalized spacial score (nSPS) is 17.5. The lowest BCUT2D eigenvalue weighted by Crippen LogP contribution is -2.39. The van der Waals surface area contributed by atoms with Gasteiger partial charge in [0.25, 0.3) is 0 Å². The summed E-state index contributed by atoms with van der Waals surface area (Å²) in [6.45, 7) is 45.8. The van der Waals surface area contributed by atoms with E-state index < -0.39 is 11.2 Å². The van der Waals surface area contributed by atoms with Crippen LogP contribution >= 0.6 is 0 Å². The van der Waals surface area contributed by atoms with Gasteiger partial charge in [-0.2, -0.15) is 0 Å². The van der Waals surface area contributed by atoms with Crippen LogP contribution in [0.2, 0.25) is 0 Å². The summed E-state index contributed by atoms with van der Waals surface area (Å²) >= 11 is 0. The largest absolute Gasteiger partial charge is 0.395 e. The molecule has 4 rings (SSSR count). The van der Waals surface area contributed by atoms with Gasteiger partial charge in [0.15, 0.2) is 0 Å². The summed E-state index contributed by atoms with van der Waals surface area (Å²) in [6, 6.07) is 6.50. The quantitative estimate of drug-likeness (QED) is 0.122. The lowest BCUT2D eigenvalue weighted by Gasteiger charge is -2.36. The number of Topliss-reactive ketones (excluding diaryl/α,β-unsaturated/α-hetero) is 2. The molecule has 6 nitrogen and oxygen atoms in total. The maximum Gasteiger partial charge on any atom is 0.146 e. The summed E-state index contributed by atoms with van der Waals surface area (Å²) in [5.41, 5.74) is 4.35. The van der Waals surface area contributed by atoms with E-state index in [9.17, 15) is 14.0 Å². The molecule has 0 saturated heterocycles. The Labute approximate surface area is 417 Å². The van der Waals surface area contributed by atoms with Gasteiger partial charge >= 0.3 is 0 Å². The molecule has 68 heavy (non-hydrogen) atoms. The second-order valence-corrected chi connectivity index (χ2v) is 20.8. The monoisotopic (exact) mass is 944 g/mol. The zero-order valence-electron chi connectivity index (χ0n) is 46.9. The van der Waals surface area contributed by atoms with Gasteiger partial charge in [-0.1, -0.05) is 166 Å². The number of aryl methyl sites for hydroxylation is 1. The predicted octanol–water partition coefficient (Wildman–Crippen LogP) is 15.7. The van der Waals surface area contributed by atoms with Gasteiger partial charge < -0.3 is 15.0 Å². The average molecular weight is 945 g/mol. The summed E-state index contributed by atoms with van der Waals surface area (Å²) in [4.78, 5) is 29.9. The highest BCUT2D eigenvalue weighted by molar-refractivity contribution is 5.93. The van der Waals surface area contributed by atoms with E-state index in [0.717, 1.165) is 101 Å². The summed E-state index contributed by atoms with van der Waals surface area (Å²) in [5, 5.41) is 13.8. The molecular weight excluding hydrogens is 842 g/mol. The van der Waals surface area contributed by atoms with Crippen LogP contribution < -0.4 is 16.0 Å². The molecule has 1 aromatic heterocycles. The molecule has 2 fully saturated rings. The first kappa shape index (κ1) is 64.2. The van der Waals surface area contributed by atoms with Crippen LogP contribution in [0.3, 0.4) is 0 Å². The Kier molecular flexibility index (Phi) is 31.0. The van der Waals surface area contributed by atoms with Crippen molar-refractivity contribution in [3.8, 4) is 0 Å². The molecule has 0 bridgehead atoms. The van der Waals surface area contributed by atoms with Crippen molar-refractivity contribution < 1.29 is 19.1 Å². The predicted molar refractivity (Wildman–Crippen MR) is 294 cm³/mol. The van der Waals surface area contributed by atoms with Crippen LogP contribution in [-0.2, 0) is 15.0 Å². The van der Waals surface area contributed by atoms with Crippen molar-refractivity contribution in [2.75, 3.05) is 6.61 Å². The molecule has 0 aliphatic heterocycles. The number of imidazole rings is 1. The SMILES string of the molecule is C=C/C(F)=C(\C=C/C)N/C(C)=c1/c(=C\C(=C)c2ccc(C(CCC)(CCC)C(=O)C(C)C)c(C)c2)ncn1C(C)C.CCC.CCC(C)C.CCC(C)C(=O)C1(CO)CC1.CCCC1CC(C)C1. The van der Waals surface area contributed by atoms with Gasteiger partial charge in [0.1, 0.15) is 17.4 Å². The minimum atomic E-state index is -0.467. The van der Waals surface area contributed by atoms with E-state index in [2.05, 4.69) is 124 Å². The molecule has 7 heteroatoms. The maximum atomic E-state index is 14.5. The van der Waals surface area contributed by atoms with Gasteiger partial charge in [-0.25, -0.2) is 9.37 Å². The molecule has 1 aromatic carbocycles. The number of ketones is 2. The number of carbonyl (C=O) groups excluding carboxylic acids is 2. The fraction of sp³-hybridized carbons (Fsp3) is 0.656. The summed E-state index contributed by atoms with van der Waals surface area (Å²) in [6.07, 6.45) is 23.2. The van der Waals surface area contributed by atoms with Gasteiger partial charge in [0.05, 0.1) is 40.2 Å². The molecule has 2 N–H and O–H groups in total. The average Bonchev–Trinajstić information content (AvgIpc) is 3.99. The first-order valence-corrected chi connectivity index (χ1v) is 26.7. The van der Waals surface area contributed by atoms with Crippen molar-refractivity contribution >= 4 is 28.9 Å². The first-order valence-electron chi connectivity index (χ1n) is 26.7. The highest BCUT2D eigenvalue weighted by Gasteiger charge is 2.49. The number of rotatable bonds is 21. The molecule has 1 unspecified atom stereocenters. The van der Waals surface area contributed by atoms with Crippen LogP contribution in [0, 0.1) is 41.9 Å². The van der Waals surface area contributed by atoms with Gasteiger partial charge in [0.2, 0.25) is 0 Å². The van der Waals surface area contributed by atoms with Crippen molar-refractivity contribution in [1.82, 2.24) is 14.9 Å². The zero-order chi connectivity index (χ0) is 52.4. The number of nitrogens with one attached hydrogen (secondary N) is 1. The number of nitrogens with zero attached hydrogens (tertiary/aromatic N) is 2. The van der Waals surface area contributed by atoms with E-state index in [1.165, 1.54) is 44.6 Å². The first-order chi connectivity index (χ1) is 32.0. The highest BCUT2D eigenvalue weighted by atomic mass is 19.1. The second-order valence-electron chi connectivity index (χ2n) is 20.8. The number of carbonyl (C=O) groups is 2. The second kappa shape index (κ2) is 32.9. The van der Waals surface area contributed by atoms with Crippen LogP contribution in [0.25, 0.3) is 17.3 Å². The minimum Gasteiger partial charge on any atom is -0.395 e. The summed E-state index contributed by atoms with van der Waals surface area (Å²) < 4.78 is 16.6. The third-order valence-corrected chi connectivity index (χ3v) is 13.3. The highest BCUT2D eigenvalue weighted by Crippen LogP contribution is 2.48. The van der Waals surface area contributed by atoms with Crippen LogP contribution in [0.5, 0.6) is 0 Å². The molecular formula is C61H102FN3O3. The summed E-state index contributed by atoms with van der Waals surface area (Å²) in [5.74, 6) is 3.30. The van der Waals surface area contributed by atoms with Crippen LogP contribution in [0.1, 0.15) is 224 Å². The molecule has 2 aliphatic rings. The van der Waals surface area contributed by atoms with Crippen molar-refractivity contribution in [3.63, 3.8) is 0 Å². The number of aliphatic hydroxyl groups excluding tert-OH is 1. The topological polar surface area (TPSA) is 84.2 Å². The van der Waals surface area contributed by atoms with E-state index in [4.69, 9.17) is 10.1 Å². The number of benzene rings is 1. The lowest BCUT2D eigenvalue weighted by atomic mass is 9.66. The molecule has 2 saturated carbocycles. The standard InChI is InChI=1S/C36H50FN3O.C9H16O2.C8H16.C5H12.C3H8/c1-12-16-32(31(37)15-4)39-28(11)34-33(38-23-40(34)25(7)8)22-26(9)29-17-18-30(27(10)21-29)36(19-13-2,20-14-3)35(41)24(5)6;1-3-7(2)8(11)9(6-10)4-5-9;1-3-4-8-5-7(2)6-8;1-4-5(2)3;1-3-2/h12,15-18,21-25,39H,4,9,13-14,19-20H2,1-3,5-8,10-11H3;7,10H,3-6H2,1-2H3;7-8H,3-6H2,1-2H3;5H,4H2,1-3H3;3H2,1-2H3/b16-12-,32-31-,33-22+,34-28-;;;;. The van der Waals surface area contributed by atoms with E-state index in [-0.39, 0.29) is 35.7 Å². The van der Waals surface area contributed by atoms with Crippen molar-refractivity contribution in [1.29, 1.82) is 0 Å². The fourth-order valence-corrected chi connectivity index (χ4v) is 8.86. The van der Waals surface area contributed by atoms with E-state index in [1.54, 1.807) is 12.2 Å². The van der Waals surface area contributed by atoms with Crippen molar-refractivity contribution in [2.45, 2.75) is 220 Å². The van der Waals surface area contributed by atoms with Gasteiger partial charge in [-0.15, -0.1) is 0 Å². The number of aliphatic hydroxyl groups is 1. The Morgan fingerprint density at radius 3 is 1.91 bits per heavy atom. The van der Waals surface area contributed by atoms with E-state index >= 15 is 0 Å². The molecule has 1 atom stereocenters. The number of hydrogen-bond acceptors (Lipinski definition) is 5. The van der Waals surface area contributed by atoms with Crippen molar-refractivity contribution in [3.05, 3.63) is 94.8 Å². The molecule has 0 amide bonds. The molecule has 0 radical (unpaired) electrons. The Balaban J connectivity index is 0.00000132. The van der Waals surface area contributed by atoms with Crippen LogP contribution in [0.15, 0.2) is 67.4 Å². The van der Waals surface area contributed by atoms with Gasteiger partial charge in [-0.05, 0) is 138 Å². The zero-order valence-corrected chi connectivity index (χ0v) is 46.9. The lowest BCUT2D eigenvalue weighted by molar-refractivity contribution is -0.129. The smallest absolute Gasteiger partial charge is 0.146 e. The third-order valence-electron chi connectivity index (χ3n) is 13.3. The van der Waals surface area contributed by atoms with Gasteiger partial charge in [-0.3, -0.25) is 9.59 Å². The van der Waals surface area contributed by atoms with E-state index in [1.807, 2.05) is 53.9 Å². The Morgan fingerprint density at radius 2 is 1.53 bits per heavy atom. The maximum absolute atomic E-state index is 14.5. The van der Waals surface area contributed by atoms with Crippen molar-refractivity contribution in [2.24, 2.45) is 35.0 Å². The fourth-order valence-electron chi connectivity index (χ4n) is 8.86. The minimum absolute atomic E-state index is 0.0267. The molecule has 1 heterocycles. The Bertz CT molecular complexity index is 2000. The molecule has 2 aromatic rings. The number of aromatic nitrogens is 2. The van der Waals surface area contributed by atoms with Crippen LogP contribution in [-0.4, -0.2) is 32.8 Å². The summed E-state index contributed by atoms with van der Waals surface area (Å²) in [7, 11) is 0. The Hall–Kier alpha value is -3.84. The molecule has 0 spiro atoms. The van der Waals surface area contributed by atoms with Gasteiger partial charge in [0, 0.05) is 23.6 Å². The molecule has 2 aliphatic carbocycles. The van der Waals surface area contributed by atoms with Crippen LogP contribution in [0.4, 0.5) is 4.39 Å². The number of halogens is 1. The Morgan fingerprint density at radius 1 is 0.971 bits per heavy atom. The number of allylic oxidation sites excluding steroid dienone is 5. The third kappa shape index (κ3) is 19.9. The molecule has 386 valence electrons. The number of hydrogen-bond donors (Lipinski definition) is 2. The van der Waals surface area contributed by atoms with E-state index in [0.29, 0.717) is 11.5 Å².